The molecular weight excluding hydrogens is 302 g/mol. The largest absolute Gasteiger partial charge is 0.497 e. The number of rotatable bonds is 7. The van der Waals surface area contributed by atoms with E-state index in [-0.39, 0.29) is 0 Å². The van der Waals surface area contributed by atoms with Gasteiger partial charge < -0.3 is 14.8 Å². The highest BCUT2D eigenvalue weighted by molar-refractivity contribution is 5.88. The molecule has 1 heterocycles. The van der Waals surface area contributed by atoms with Crippen LogP contribution in [0.5, 0.6) is 11.5 Å². The summed E-state index contributed by atoms with van der Waals surface area (Å²) in [6.07, 6.45) is 3.45. The van der Waals surface area contributed by atoms with Gasteiger partial charge in [0.15, 0.2) is 0 Å². The van der Waals surface area contributed by atoms with Gasteiger partial charge in [-0.3, -0.25) is 0 Å². The lowest BCUT2D eigenvalue weighted by Gasteiger charge is -2.11. The Kier molecular flexibility index (Phi) is 5.11. The molecule has 1 N–H and O–H groups in total. The predicted molar refractivity (Wildman–Crippen MR) is 95.9 cm³/mol. The Morgan fingerprint density at radius 3 is 2.71 bits per heavy atom. The third-order valence-electron chi connectivity index (χ3n) is 3.95. The van der Waals surface area contributed by atoms with Gasteiger partial charge in [0.1, 0.15) is 23.6 Å². The third kappa shape index (κ3) is 3.56. The minimum Gasteiger partial charge on any atom is -0.497 e. The first-order valence-corrected chi connectivity index (χ1v) is 7.96. The first-order valence-electron chi connectivity index (χ1n) is 7.96. The van der Waals surface area contributed by atoms with Crippen LogP contribution in [0.15, 0.2) is 48.8 Å². The zero-order valence-electron chi connectivity index (χ0n) is 14.0. The molecule has 0 aliphatic rings. The molecule has 24 heavy (non-hydrogen) atoms. The quantitative estimate of drug-likeness (QED) is 0.672. The molecule has 0 radical (unpaired) electrons. The number of para-hydroxylation sites is 1. The first kappa shape index (κ1) is 16.1. The number of hydrogen-bond donors (Lipinski definition) is 1. The van der Waals surface area contributed by atoms with Crippen LogP contribution in [-0.2, 0) is 6.42 Å². The smallest absolute Gasteiger partial charge is 0.137 e. The van der Waals surface area contributed by atoms with Crippen molar-refractivity contribution in [2.24, 2.45) is 0 Å². The Balaban J connectivity index is 1.63. The molecule has 0 fully saturated rings. The maximum absolute atomic E-state index is 5.42. The monoisotopic (exact) mass is 323 g/mol. The van der Waals surface area contributed by atoms with Gasteiger partial charge in [-0.05, 0) is 48.7 Å². The van der Waals surface area contributed by atoms with Crippen LogP contribution < -0.4 is 14.8 Å². The van der Waals surface area contributed by atoms with Crippen LogP contribution in [0.2, 0.25) is 0 Å². The number of anilines is 1. The molecule has 5 nitrogen and oxygen atoms in total. The fraction of sp³-hybridized carbons (Fsp3) is 0.263. The highest BCUT2D eigenvalue weighted by Gasteiger charge is 2.06. The van der Waals surface area contributed by atoms with Gasteiger partial charge in [-0.2, -0.15) is 0 Å². The average Bonchev–Trinajstić information content (AvgIpc) is 2.65. The van der Waals surface area contributed by atoms with E-state index in [4.69, 9.17) is 9.47 Å². The molecule has 3 rings (SSSR count). The molecule has 0 unspecified atom stereocenters. The number of hydrogen-bond acceptors (Lipinski definition) is 5. The van der Waals surface area contributed by atoms with Crippen molar-refractivity contribution in [3.8, 4) is 11.5 Å². The van der Waals surface area contributed by atoms with Crippen LogP contribution in [0, 0.1) is 0 Å². The van der Waals surface area contributed by atoms with Crippen molar-refractivity contribution in [3.05, 3.63) is 54.4 Å². The van der Waals surface area contributed by atoms with Gasteiger partial charge in [0.25, 0.3) is 0 Å². The van der Waals surface area contributed by atoms with Crippen LogP contribution >= 0.6 is 0 Å². The molecule has 2 aromatic carbocycles. The molecule has 0 aliphatic carbocycles. The predicted octanol–water partition coefficient (Wildman–Crippen LogP) is 3.69. The van der Waals surface area contributed by atoms with Crippen molar-refractivity contribution in [3.63, 3.8) is 0 Å². The lowest BCUT2D eigenvalue weighted by atomic mass is 10.1. The Morgan fingerprint density at radius 2 is 1.88 bits per heavy atom. The van der Waals surface area contributed by atoms with Crippen molar-refractivity contribution in [1.82, 2.24) is 9.97 Å². The fourth-order valence-corrected chi connectivity index (χ4v) is 2.71. The summed E-state index contributed by atoms with van der Waals surface area (Å²) >= 11 is 0. The van der Waals surface area contributed by atoms with Crippen LogP contribution in [0.25, 0.3) is 10.9 Å². The molecule has 0 saturated heterocycles. The van der Waals surface area contributed by atoms with Crippen molar-refractivity contribution >= 4 is 16.7 Å². The molecule has 0 spiro atoms. The normalized spacial score (nSPS) is 10.6. The Hall–Kier alpha value is -2.82. The van der Waals surface area contributed by atoms with Gasteiger partial charge in [-0.1, -0.05) is 12.1 Å². The van der Waals surface area contributed by atoms with E-state index >= 15 is 0 Å². The second kappa shape index (κ2) is 7.64. The molecule has 0 saturated carbocycles. The van der Waals surface area contributed by atoms with Crippen LogP contribution in [0.4, 0.5) is 5.82 Å². The molecule has 3 aromatic rings. The maximum Gasteiger partial charge on any atom is 0.137 e. The average molecular weight is 323 g/mol. The Labute approximate surface area is 141 Å². The summed E-state index contributed by atoms with van der Waals surface area (Å²) in [5, 5.41) is 4.44. The number of fused-ring (bicyclic) bond motifs is 1. The van der Waals surface area contributed by atoms with E-state index in [1.807, 2.05) is 42.5 Å². The standard InChI is InChI=1S/C19H21N3O2/c1-23-15-9-10-18(24-2)14(12-15)6-5-11-20-19-16-7-3-4-8-17(16)21-13-22-19/h3-4,7-10,12-13H,5-6,11H2,1-2H3,(H,20,21,22). The topological polar surface area (TPSA) is 56.3 Å². The second-order valence-corrected chi connectivity index (χ2v) is 5.45. The van der Waals surface area contributed by atoms with E-state index in [0.29, 0.717) is 0 Å². The summed E-state index contributed by atoms with van der Waals surface area (Å²) in [6.45, 7) is 0.821. The Morgan fingerprint density at radius 1 is 1.00 bits per heavy atom. The van der Waals surface area contributed by atoms with Gasteiger partial charge in [-0.25, -0.2) is 9.97 Å². The van der Waals surface area contributed by atoms with E-state index in [0.717, 1.165) is 53.2 Å². The minimum atomic E-state index is 0.821. The number of nitrogens with zero attached hydrogens (tertiary/aromatic N) is 2. The van der Waals surface area contributed by atoms with Crippen molar-refractivity contribution in [2.75, 3.05) is 26.1 Å². The molecule has 0 aliphatic heterocycles. The summed E-state index contributed by atoms with van der Waals surface area (Å²) in [5.74, 6) is 2.61. The molecule has 5 heteroatoms. The summed E-state index contributed by atoms with van der Waals surface area (Å²) in [5.41, 5.74) is 2.09. The van der Waals surface area contributed by atoms with E-state index < -0.39 is 0 Å². The van der Waals surface area contributed by atoms with E-state index in [1.165, 1.54) is 0 Å². The maximum atomic E-state index is 5.42. The van der Waals surface area contributed by atoms with E-state index in [9.17, 15) is 0 Å². The van der Waals surface area contributed by atoms with Crippen molar-refractivity contribution in [2.45, 2.75) is 12.8 Å². The van der Waals surface area contributed by atoms with Gasteiger partial charge >= 0.3 is 0 Å². The zero-order valence-corrected chi connectivity index (χ0v) is 14.0. The fourth-order valence-electron chi connectivity index (χ4n) is 2.71. The lowest BCUT2D eigenvalue weighted by Crippen LogP contribution is -2.06. The summed E-state index contributed by atoms with van der Waals surface area (Å²) in [7, 11) is 3.37. The van der Waals surface area contributed by atoms with Gasteiger partial charge in [0.2, 0.25) is 0 Å². The first-order chi connectivity index (χ1) is 11.8. The number of nitrogens with one attached hydrogen (secondary N) is 1. The number of benzene rings is 2. The van der Waals surface area contributed by atoms with Crippen LogP contribution in [0.3, 0.4) is 0 Å². The Bertz CT molecular complexity index is 815. The highest BCUT2D eigenvalue weighted by atomic mass is 16.5. The molecule has 1 aromatic heterocycles. The van der Waals surface area contributed by atoms with Gasteiger partial charge in [0.05, 0.1) is 19.7 Å². The summed E-state index contributed by atoms with van der Waals surface area (Å²) in [4.78, 5) is 8.62. The van der Waals surface area contributed by atoms with E-state index in [2.05, 4.69) is 15.3 Å². The number of aryl methyl sites for hydroxylation is 1. The van der Waals surface area contributed by atoms with Crippen molar-refractivity contribution in [1.29, 1.82) is 0 Å². The number of methoxy groups -OCH3 is 2. The molecule has 124 valence electrons. The SMILES string of the molecule is COc1ccc(OC)c(CCCNc2ncnc3ccccc23)c1. The van der Waals surface area contributed by atoms with Gasteiger partial charge in [-0.15, -0.1) is 0 Å². The van der Waals surface area contributed by atoms with Crippen LogP contribution in [0.1, 0.15) is 12.0 Å². The minimum absolute atomic E-state index is 0.821. The summed E-state index contributed by atoms with van der Waals surface area (Å²) in [6, 6.07) is 13.9. The van der Waals surface area contributed by atoms with Crippen LogP contribution in [-0.4, -0.2) is 30.7 Å². The lowest BCUT2D eigenvalue weighted by molar-refractivity contribution is 0.398. The highest BCUT2D eigenvalue weighted by Crippen LogP contribution is 2.25. The number of aromatic nitrogens is 2. The molecular formula is C19H21N3O2. The van der Waals surface area contributed by atoms with Crippen molar-refractivity contribution < 1.29 is 9.47 Å². The second-order valence-electron chi connectivity index (χ2n) is 5.45. The zero-order chi connectivity index (χ0) is 16.8. The molecule has 0 amide bonds. The molecule has 0 bridgehead atoms. The molecule has 0 atom stereocenters. The van der Waals surface area contributed by atoms with E-state index in [1.54, 1.807) is 20.5 Å². The van der Waals surface area contributed by atoms with Gasteiger partial charge in [0, 0.05) is 11.9 Å². The number of ether oxygens (including phenoxy) is 2. The third-order valence-corrected chi connectivity index (χ3v) is 3.95. The summed E-state index contributed by atoms with van der Waals surface area (Å²) < 4.78 is 10.7.